The molecule has 0 saturated heterocycles. The fourth-order valence-corrected chi connectivity index (χ4v) is 1.25. The third-order valence-electron chi connectivity index (χ3n) is 1.98. The van der Waals surface area contributed by atoms with Crippen LogP contribution in [0.4, 0.5) is 0 Å². The average Bonchev–Trinajstić information content (AvgIpc) is 2.73. The number of hydrogen-bond acceptors (Lipinski definition) is 4. The third kappa shape index (κ3) is 1.51. The maximum atomic E-state index is 5.95. The summed E-state index contributed by atoms with van der Waals surface area (Å²) >= 11 is 0. The Labute approximate surface area is 81.4 Å². The van der Waals surface area contributed by atoms with Crippen molar-refractivity contribution < 1.29 is 0 Å². The van der Waals surface area contributed by atoms with E-state index < -0.39 is 0 Å². The minimum atomic E-state index is -0.301. The molecule has 2 rings (SSSR count). The van der Waals surface area contributed by atoms with E-state index in [0.29, 0.717) is 0 Å². The molecule has 0 saturated carbocycles. The molecule has 0 spiro atoms. The Balaban J connectivity index is 2.28. The van der Waals surface area contributed by atoms with E-state index in [-0.39, 0.29) is 6.04 Å². The summed E-state index contributed by atoms with van der Waals surface area (Å²) < 4.78 is 3.48. The van der Waals surface area contributed by atoms with E-state index in [9.17, 15) is 0 Å². The first kappa shape index (κ1) is 8.89. The lowest BCUT2D eigenvalue weighted by Crippen LogP contribution is -2.12. The van der Waals surface area contributed by atoms with Gasteiger partial charge in [0.15, 0.2) is 0 Å². The highest BCUT2D eigenvalue weighted by molar-refractivity contribution is 5.15. The summed E-state index contributed by atoms with van der Waals surface area (Å²) in [4.78, 5) is 4.16. The zero-order chi connectivity index (χ0) is 10.1. The number of hydrogen-bond donors (Lipinski definition) is 1. The molecule has 74 valence electrons. The molecule has 0 aromatic carbocycles. The second-order valence-electron chi connectivity index (χ2n) is 3.26. The quantitative estimate of drug-likeness (QED) is 0.702. The maximum absolute atomic E-state index is 5.95. The molecule has 1 unspecified atom stereocenters. The van der Waals surface area contributed by atoms with Crippen molar-refractivity contribution in [3.63, 3.8) is 0 Å². The second kappa shape index (κ2) is 3.22. The van der Waals surface area contributed by atoms with Crippen molar-refractivity contribution in [2.24, 2.45) is 19.8 Å². The molecule has 6 heteroatoms. The van der Waals surface area contributed by atoms with Gasteiger partial charge < -0.3 is 10.3 Å². The fourth-order valence-electron chi connectivity index (χ4n) is 1.25. The number of rotatable bonds is 2. The van der Waals surface area contributed by atoms with E-state index in [1.165, 1.54) is 0 Å². The van der Waals surface area contributed by atoms with Crippen LogP contribution in [-0.4, -0.2) is 24.5 Å². The highest BCUT2D eigenvalue weighted by Gasteiger charge is 2.14. The molecule has 2 aromatic rings. The lowest BCUT2D eigenvalue weighted by Gasteiger charge is -2.02. The first-order valence-corrected chi connectivity index (χ1v) is 4.26. The molecule has 0 radical (unpaired) electrons. The molecule has 2 N–H and O–H groups in total. The topological polar surface area (TPSA) is 74.6 Å². The van der Waals surface area contributed by atoms with Crippen molar-refractivity contribution in [1.29, 1.82) is 0 Å². The first-order chi connectivity index (χ1) is 6.66. The van der Waals surface area contributed by atoms with E-state index >= 15 is 0 Å². The van der Waals surface area contributed by atoms with Crippen LogP contribution in [0.5, 0.6) is 0 Å². The monoisotopic (exact) mass is 192 g/mol. The highest BCUT2D eigenvalue weighted by atomic mass is 15.4. The Bertz CT molecular complexity index is 388. The van der Waals surface area contributed by atoms with Crippen molar-refractivity contribution in [3.05, 3.63) is 30.1 Å². The largest absolute Gasteiger partial charge is 0.340 e. The van der Waals surface area contributed by atoms with Gasteiger partial charge in [-0.2, -0.15) is 0 Å². The molecular formula is C8H12N6. The summed E-state index contributed by atoms with van der Waals surface area (Å²) in [5.74, 6) is 0. The summed E-state index contributed by atoms with van der Waals surface area (Å²) in [7, 11) is 3.71. The van der Waals surface area contributed by atoms with Crippen LogP contribution in [0, 0.1) is 0 Å². The zero-order valence-corrected chi connectivity index (χ0v) is 8.12. The van der Waals surface area contributed by atoms with Crippen LogP contribution in [0.25, 0.3) is 0 Å². The molecule has 0 aliphatic heterocycles. The highest BCUT2D eigenvalue weighted by Crippen LogP contribution is 2.13. The predicted octanol–water partition coefficient (Wildman–Crippen LogP) is -0.403. The Kier molecular flexibility index (Phi) is 2.05. The van der Waals surface area contributed by atoms with E-state index in [2.05, 4.69) is 15.3 Å². The number of nitrogens with two attached hydrogens (primary N) is 1. The van der Waals surface area contributed by atoms with Gasteiger partial charge in [0.1, 0.15) is 5.69 Å². The van der Waals surface area contributed by atoms with Crippen LogP contribution in [0.3, 0.4) is 0 Å². The molecule has 0 aliphatic rings. The van der Waals surface area contributed by atoms with Crippen LogP contribution in [0.2, 0.25) is 0 Å². The van der Waals surface area contributed by atoms with Gasteiger partial charge in [-0.25, -0.2) is 4.98 Å². The summed E-state index contributed by atoms with van der Waals surface area (Å²) in [6, 6.07) is -0.301. The van der Waals surface area contributed by atoms with E-state index in [1.807, 2.05) is 24.9 Å². The molecule has 0 fully saturated rings. The lowest BCUT2D eigenvalue weighted by molar-refractivity contribution is 0.709. The van der Waals surface area contributed by atoms with Crippen LogP contribution >= 0.6 is 0 Å². The third-order valence-corrected chi connectivity index (χ3v) is 1.98. The van der Waals surface area contributed by atoms with Gasteiger partial charge in [0.25, 0.3) is 0 Å². The SMILES string of the molecule is Cn1cnc(C(N)c2cn(C)nn2)c1. The second-order valence-corrected chi connectivity index (χ2v) is 3.26. The minimum Gasteiger partial charge on any atom is -0.340 e. The Morgan fingerprint density at radius 1 is 1.29 bits per heavy atom. The molecule has 0 bridgehead atoms. The van der Waals surface area contributed by atoms with E-state index in [0.717, 1.165) is 11.4 Å². The first-order valence-electron chi connectivity index (χ1n) is 4.26. The molecule has 0 amide bonds. The average molecular weight is 192 g/mol. The smallest absolute Gasteiger partial charge is 0.106 e. The van der Waals surface area contributed by atoms with Crippen LogP contribution in [0.1, 0.15) is 17.4 Å². The summed E-state index contributed by atoms with van der Waals surface area (Å²) in [6.07, 6.45) is 5.38. The van der Waals surface area contributed by atoms with Gasteiger partial charge in [-0.1, -0.05) is 5.21 Å². The van der Waals surface area contributed by atoms with Gasteiger partial charge in [-0.3, -0.25) is 4.68 Å². The number of aromatic nitrogens is 5. The van der Waals surface area contributed by atoms with Gasteiger partial charge in [0, 0.05) is 20.3 Å². The molecule has 6 nitrogen and oxygen atoms in total. The number of imidazole rings is 1. The Morgan fingerprint density at radius 3 is 2.57 bits per heavy atom. The van der Waals surface area contributed by atoms with Crippen molar-refractivity contribution in [3.8, 4) is 0 Å². The molecule has 1 atom stereocenters. The zero-order valence-electron chi connectivity index (χ0n) is 8.12. The van der Waals surface area contributed by atoms with E-state index in [1.54, 1.807) is 17.2 Å². The van der Waals surface area contributed by atoms with Crippen LogP contribution in [-0.2, 0) is 14.1 Å². The normalized spacial score (nSPS) is 13.1. The van der Waals surface area contributed by atoms with Crippen LogP contribution in [0.15, 0.2) is 18.7 Å². The standard InChI is InChI=1S/C8H12N6/c1-13-3-6(10-5-13)8(9)7-4-14(2)12-11-7/h3-5,8H,9H2,1-2H3. The summed E-state index contributed by atoms with van der Waals surface area (Å²) in [5, 5.41) is 7.76. The van der Waals surface area contributed by atoms with Crippen molar-refractivity contribution in [2.75, 3.05) is 0 Å². The van der Waals surface area contributed by atoms with Crippen LogP contribution < -0.4 is 5.73 Å². The van der Waals surface area contributed by atoms with Gasteiger partial charge in [0.2, 0.25) is 0 Å². The summed E-state index contributed by atoms with van der Waals surface area (Å²) in [6.45, 7) is 0. The molecule has 14 heavy (non-hydrogen) atoms. The lowest BCUT2D eigenvalue weighted by atomic mass is 10.2. The van der Waals surface area contributed by atoms with Gasteiger partial charge in [-0.15, -0.1) is 5.10 Å². The molecule has 2 heterocycles. The minimum absolute atomic E-state index is 0.301. The maximum Gasteiger partial charge on any atom is 0.106 e. The van der Waals surface area contributed by atoms with Crippen molar-refractivity contribution in [2.45, 2.75) is 6.04 Å². The van der Waals surface area contributed by atoms with Gasteiger partial charge >= 0.3 is 0 Å². The van der Waals surface area contributed by atoms with Crippen molar-refractivity contribution >= 4 is 0 Å². The van der Waals surface area contributed by atoms with Gasteiger partial charge in [0.05, 0.1) is 24.3 Å². The number of nitrogens with zero attached hydrogens (tertiary/aromatic N) is 5. The Morgan fingerprint density at radius 2 is 2.07 bits per heavy atom. The fraction of sp³-hybridized carbons (Fsp3) is 0.375. The summed E-state index contributed by atoms with van der Waals surface area (Å²) in [5.41, 5.74) is 7.48. The van der Waals surface area contributed by atoms with Crippen molar-refractivity contribution in [1.82, 2.24) is 24.5 Å². The molecule has 0 aliphatic carbocycles. The molecular weight excluding hydrogens is 180 g/mol. The Hall–Kier alpha value is -1.69. The van der Waals surface area contributed by atoms with E-state index in [4.69, 9.17) is 5.73 Å². The predicted molar refractivity (Wildman–Crippen MR) is 50.2 cm³/mol. The van der Waals surface area contributed by atoms with Gasteiger partial charge in [-0.05, 0) is 0 Å². The molecule has 2 aromatic heterocycles. The number of aryl methyl sites for hydroxylation is 2.